The van der Waals surface area contributed by atoms with Gasteiger partial charge in [0.2, 0.25) is 0 Å². The smallest absolute Gasteiger partial charge is 0.408 e. The summed E-state index contributed by atoms with van der Waals surface area (Å²) < 4.78 is 5.13. The van der Waals surface area contributed by atoms with Crippen LogP contribution in [0.3, 0.4) is 0 Å². The lowest BCUT2D eigenvalue weighted by Crippen LogP contribution is -2.28. The normalized spacial score (nSPS) is 19.9. The quantitative estimate of drug-likeness (QED) is 0.805. The number of rotatable bonds is 3. The fraction of sp³-hybridized carbons (Fsp3) is 0.263. The van der Waals surface area contributed by atoms with Crippen molar-refractivity contribution in [2.45, 2.75) is 25.4 Å². The summed E-state index contributed by atoms with van der Waals surface area (Å²) in [6, 6.07) is 13.7. The minimum Gasteiger partial charge on any atom is -0.408 e. The Hall–Kier alpha value is -2.82. The summed E-state index contributed by atoms with van der Waals surface area (Å²) >= 11 is 0. The number of H-pyrrole nitrogens is 1. The van der Waals surface area contributed by atoms with Crippen LogP contribution in [-0.2, 0) is 6.54 Å². The number of hydrogen-bond acceptors (Lipinski definition) is 3. The van der Waals surface area contributed by atoms with Crippen LogP contribution >= 0.6 is 0 Å². The topological polar surface area (TPSA) is 66.3 Å². The van der Waals surface area contributed by atoms with Gasteiger partial charge in [-0.05, 0) is 48.1 Å². The zero-order valence-electron chi connectivity index (χ0n) is 13.0. The van der Waals surface area contributed by atoms with Crippen LogP contribution < -0.4 is 5.76 Å². The molecule has 5 rings (SSSR count). The van der Waals surface area contributed by atoms with Crippen molar-refractivity contribution in [2.75, 3.05) is 0 Å². The van der Waals surface area contributed by atoms with Gasteiger partial charge in [0, 0.05) is 12.1 Å². The minimum absolute atomic E-state index is 0.0955. The van der Waals surface area contributed by atoms with Gasteiger partial charge < -0.3 is 9.32 Å². The van der Waals surface area contributed by atoms with Crippen LogP contribution in [0.4, 0.5) is 0 Å². The van der Waals surface area contributed by atoms with Crippen molar-refractivity contribution in [2.24, 2.45) is 5.92 Å². The van der Waals surface area contributed by atoms with Gasteiger partial charge in [-0.1, -0.05) is 24.3 Å². The Morgan fingerprint density at radius 3 is 2.79 bits per heavy atom. The largest absolute Gasteiger partial charge is 0.417 e. The van der Waals surface area contributed by atoms with Crippen molar-refractivity contribution in [1.82, 2.24) is 9.88 Å². The molecule has 0 saturated heterocycles. The third kappa shape index (κ3) is 2.01. The maximum absolute atomic E-state index is 12.9. The van der Waals surface area contributed by atoms with E-state index in [1.807, 2.05) is 41.3 Å². The van der Waals surface area contributed by atoms with Crippen LogP contribution in [0.5, 0.6) is 0 Å². The van der Waals surface area contributed by atoms with E-state index in [4.69, 9.17) is 4.42 Å². The Labute approximate surface area is 137 Å². The van der Waals surface area contributed by atoms with Gasteiger partial charge in [0.25, 0.3) is 5.91 Å². The van der Waals surface area contributed by atoms with Crippen molar-refractivity contribution in [3.05, 3.63) is 69.7 Å². The molecular weight excluding hydrogens is 304 g/mol. The minimum atomic E-state index is -0.456. The maximum atomic E-state index is 12.9. The predicted molar refractivity (Wildman–Crippen MR) is 88.6 cm³/mol. The van der Waals surface area contributed by atoms with Crippen LogP contribution in [0, 0.1) is 5.92 Å². The molecular formula is C19H16N2O3. The van der Waals surface area contributed by atoms with E-state index in [0.717, 1.165) is 16.7 Å². The van der Waals surface area contributed by atoms with Gasteiger partial charge in [0.1, 0.15) is 0 Å². The Morgan fingerprint density at radius 2 is 1.96 bits per heavy atom. The van der Waals surface area contributed by atoms with Gasteiger partial charge in [0.15, 0.2) is 5.58 Å². The summed E-state index contributed by atoms with van der Waals surface area (Å²) in [5.41, 5.74) is 4.16. The summed E-state index contributed by atoms with van der Waals surface area (Å²) in [6.07, 6.45) is 2.35. The highest BCUT2D eigenvalue weighted by atomic mass is 16.4. The molecule has 120 valence electrons. The Balaban J connectivity index is 1.53. The van der Waals surface area contributed by atoms with Gasteiger partial charge in [-0.3, -0.25) is 9.78 Å². The standard InChI is InChI=1S/C19H16N2O3/c22-18-14-4-2-1-3-13(14)17(12-6-7-12)21(18)10-11-5-8-15-16(9-11)24-19(23)20-15/h1-5,8-9,12,17H,6-7,10H2,(H,20,23)/t17-/m1/s1. The predicted octanol–water partition coefficient (Wildman–Crippen LogP) is 3.23. The molecule has 1 aromatic heterocycles. The number of oxazole rings is 1. The summed E-state index contributed by atoms with van der Waals surface area (Å²) in [5.74, 6) is 0.201. The second kappa shape index (κ2) is 4.84. The van der Waals surface area contributed by atoms with Crippen molar-refractivity contribution < 1.29 is 9.21 Å². The number of amides is 1. The molecule has 0 radical (unpaired) electrons. The fourth-order valence-corrected chi connectivity index (χ4v) is 3.77. The zero-order chi connectivity index (χ0) is 16.3. The number of benzene rings is 2. The number of nitrogens with zero attached hydrogens (tertiary/aromatic N) is 1. The van der Waals surface area contributed by atoms with E-state index in [1.54, 1.807) is 0 Å². The van der Waals surface area contributed by atoms with Crippen LogP contribution in [0.1, 0.15) is 40.4 Å². The summed E-state index contributed by atoms with van der Waals surface area (Å²) in [4.78, 5) is 28.8. The maximum Gasteiger partial charge on any atom is 0.417 e. The highest BCUT2D eigenvalue weighted by Gasteiger charge is 2.44. The number of carbonyl (C=O) groups is 1. The van der Waals surface area contributed by atoms with E-state index >= 15 is 0 Å². The monoisotopic (exact) mass is 320 g/mol. The fourth-order valence-electron chi connectivity index (χ4n) is 3.77. The van der Waals surface area contributed by atoms with Gasteiger partial charge in [-0.25, -0.2) is 4.79 Å². The lowest BCUT2D eigenvalue weighted by atomic mass is 10.0. The van der Waals surface area contributed by atoms with Gasteiger partial charge in [0.05, 0.1) is 11.6 Å². The first kappa shape index (κ1) is 13.6. The van der Waals surface area contributed by atoms with Crippen LogP contribution in [0.15, 0.2) is 51.7 Å². The molecule has 1 N–H and O–H groups in total. The molecule has 2 aliphatic rings. The third-order valence-corrected chi connectivity index (χ3v) is 5.01. The zero-order valence-corrected chi connectivity index (χ0v) is 13.0. The number of nitrogens with one attached hydrogen (secondary N) is 1. The van der Waals surface area contributed by atoms with Crippen molar-refractivity contribution >= 4 is 17.0 Å². The first-order valence-corrected chi connectivity index (χ1v) is 8.22. The Bertz CT molecular complexity index is 1010. The van der Waals surface area contributed by atoms with Crippen molar-refractivity contribution in [3.8, 4) is 0 Å². The second-order valence-corrected chi connectivity index (χ2v) is 6.65. The van der Waals surface area contributed by atoms with Gasteiger partial charge >= 0.3 is 5.76 Å². The average molecular weight is 320 g/mol. The van der Waals surface area contributed by atoms with Crippen molar-refractivity contribution in [1.29, 1.82) is 0 Å². The molecule has 1 saturated carbocycles. The Kier molecular flexibility index (Phi) is 2.74. The van der Waals surface area contributed by atoms with E-state index in [-0.39, 0.29) is 11.9 Å². The van der Waals surface area contributed by atoms with E-state index < -0.39 is 5.76 Å². The molecule has 1 amide bonds. The first-order chi connectivity index (χ1) is 11.7. The number of fused-ring (bicyclic) bond motifs is 2. The van der Waals surface area contributed by atoms with Gasteiger partial charge in [-0.15, -0.1) is 0 Å². The number of aromatic amines is 1. The number of hydrogen-bond donors (Lipinski definition) is 1. The summed E-state index contributed by atoms with van der Waals surface area (Å²) in [7, 11) is 0. The van der Waals surface area contributed by atoms with E-state index in [2.05, 4.69) is 11.1 Å². The third-order valence-electron chi connectivity index (χ3n) is 5.01. The van der Waals surface area contributed by atoms with E-state index in [9.17, 15) is 9.59 Å². The molecule has 2 heterocycles. The number of aromatic nitrogens is 1. The molecule has 0 bridgehead atoms. The molecule has 1 aliphatic heterocycles. The van der Waals surface area contributed by atoms with Crippen LogP contribution in [-0.4, -0.2) is 15.8 Å². The number of carbonyl (C=O) groups excluding carboxylic acids is 1. The molecule has 0 unspecified atom stereocenters. The molecule has 5 heteroatoms. The molecule has 2 aromatic carbocycles. The molecule has 1 aliphatic carbocycles. The highest BCUT2D eigenvalue weighted by molar-refractivity contribution is 5.99. The molecule has 0 spiro atoms. The van der Waals surface area contributed by atoms with Crippen LogP contribution in [0.2, 0.25) is 0 Å². The lowest BCUT2D eigenvalue weighted by molar-refractivity contribution is 0.0690. The SMILES string of the molecule is O=C1c2ccccc2[C@@H](C2CC2)N1Cc1ccc2[nH]c(=O)oc2c1. The van der Waals surface area contributed by atoms with E-state index in [0.29, 0.717) is 23.6 Å². The second-order valence-electron chi connectivity index (χ2n) is 6.65. The Morgan fingerprint density at radius 1 is 1.12 bits per heavy atom. The average Bonchev–Trinajstić information content (AvgIpc) is 3.29. The summed E-state index contributed by atoms with van der Waals surface area (Å²) in [5, 5.41) is 0. The first-order valence-electron chi connectivity index (χ1n) is 8.22. The highest BCUT2D eigenvalue weighted by Crippen LogP contribution is 2.49. The molecule has 5 nitrogen and oxygen atoms in total. The van der Waals surface area contributed by atoms with Crippen LogP contribution in [0.25, 0.3) is 11.1 Å². The summed E-state index contributed by atoms with van der Waals surface area (Å²) in [6.45, 7) is 0.527. The molecule has 1 atom stereocenters. The van der Waals surface area contributed by atoms with E-state index in [1.165, 1.54) is 12.8 Å². The molecule has 1 fully saturated rings. The molecule has 24 heavy (non-hydrogen) atoms. The lowest BCUT2D eigenvalue weighted by Gasteiger charge is -2.25. The molecule has 3 aromatic rings. The van der Waals surface area contributed by atoms with Gasteiger partial charge in [-0.2, -0.15) is 0 Å². The van der Waals surface area contributed by atoms with Crippen molar-refractivity contribution in [3.63, 3.8) is 0 Å².